The van der Waals surface area contributed by atoms with E-state index in [4.69, 9.17) is 28.9 Å². The van der Waals surface area contributed by atoms with E-state index in [-0.39, 0.29) is 45.9 Å². The van der Waals surface area contributed by atoms with Gasteiger partial charge in [0.2, 0.25) is 11.8 Å². The Kier molecular flexibility index (Phi) is 5.99. The van der Waals surface area contributed by atoms with Crippen molar-refractivity contribution >= 4 is 35.0 Å². The SMILES string of the molecule is CC(=O)N[C@H]1CC(C(=O)N[C@H](c2c(F)ccc(Cl)c2Cl)C23CCC(F)(CC2)C3)C[C@H]1N. The van der Waals surface area contributed by atoms with E-state index in [1.165, 1.54) is 19.1 Å². The maximum absolute atomic E-state index is 15.0. The molecular formula is C22H27Cl2F2N3O2. The number of amides is 2. The molecule has 0 aliphatic heterocycles. The zero-order valence-corrected chi connectivity index (χ0v) is 18.8. The second-order valence-corrected chi connectivity index (χ2v) is 10.3. The first kappa shape index (κ1) is 22.7. The molecule has 0 spiro atoms. The largest absolute Gasteiger partial charge is 0.352 e. The third-order valence-corrected chi connectivity index (χ3v) is 8.27. The lowest BCUT2D eigenvalue weighted by Gasteiger charge is -2.38. The molecule has 4 rings (SSSR count). The molecule has 1 unspecified atom stereocenters. The van der Waals surface area contributed by atoms with Crippen molar-refractivity contribution in [3.8, 4) is 0 Å². The van der Waals surface area contributed by atoms with Crippen LogP contribution in [-0.4, -0.2) is 29.6 Å². The van der Waals surface area contributed by atoms with Gasteiger partial charge in [0.1, 0.15) is 11.5 Å². The van der Waals surface area contributed by atoms with E-state index in [0.717, 1.165) is 0 Å². The van der Waals surface area contributed by atoms with Gasteiger partial charge in [0, 0.05) is 30.5 Å². The van der Waals surface area contributed by atoms with Crippen LogP contribution in [0.15, 0.2) is 12.1 Å². The Morgan fingerprint density at radius 2 is 1.87 bits per heavy atom. The van der Waals surface area contributed by atoms with Crippen LogP contribution < -0.4 is 16.4 Å². The van der Waals surface area contributed by atoms with Gasteiger partial charge in [-0.3, -0.25) is 9.59 Å². The van der Waals surface area contributed by atoms with Gasteiger partial charge in [0.05, 0.1) is 16.1 Å². The Labute approximate surface area is 190 Å². The summed E-state index contributed by atoms with van der Waals surface area (Å²) >= 11 is 12.6. The topological polar surface area (TPSA) is 84.2 Å². The molecule has 4 N–H and O–H groups in total. The normalized spacial score (nSPS) is 35.2. The minimum Gasteiger partial charge on any atom is -0.352 e. The van der Waals surface area contributed by atoms with Crippen molar-refractivity contribution in [2.75, 3.05) is 0 Å². The Morgan fingerprint density at radius 3 is 2.45 bits per heavy atom. The lowest BCUT2D eigenvalue weighted by atomic mass is 9.74. The van der Waals surface area contributed by atoms with Crippen LogP contribution in [0.5, 0.6) is 0 Å². The summed E-state index contributed by atoms with van der Waals surface area (Å²) in [5.74, 6) is -1.51. The summed E-state index contributed by atoms with van der Waals surface area (Å²) in [6.45, 7) is 1.41. The van der Waals surface area contributed by atoms with Crippen LogP contribution in [-0.2, 0) is 9.59 Å². The average molecular weight is 474 g/mol. The first-order valence-corrected chi connectivity index (χ1v) is 11.4. The fourth-order valence-corrected chi connectivity index (χ4v) is 6.31. The molecule has 5 nitrogen and oxygen atoms in total. The Hall–Kier alpha value is -1.44. The number of hydrogen-bond donors (Lipinski definition) is 3. The third-order valence-electron chi connectivity index (χ3n) is 7.45. The van der Waals surface area contributed by atoms with Crippen LogP contribution in [0, 0.1) is 17.2 Å². The van der Waals surface area contributed by atoms with E-state index in [9.17, 15) is 14.0 Å². The van der Waals surface area contributed by atoms with Crippen LogP contribution in [0.2, 0.25) is 10.0 Å². The van der Waals surface area contributed by atoms with E-state index < -0.39 is 28.9 Å². The number of halogens is 4. The molecule has 2 amide bonds. The Balaban J connectivity index is 1.63. The predicted molar refractivity (Wildman–Crippen MR) is 115 cm³/mol. The van der Waals surface area contributed by atoms with Crippen molar-refractivity contribution in [1.82, 2.24) is 10.6 Å². The molecule has 3 aliphatic carbocycles. The van der Waals surface area contributed by atoms with Crippen LogP contribution in [0.1, 0.15) is 63.5 Å². The zero-order chi connectivity index (χ0) is 22.6. The van der Waals surface area contributed by atoms with Crippen LogP contribution in [0.3, 0.4) is 0 Å². The Morgan fingerprint density at radius 1 is 1.19 bits per heavy atom. The van der Waals surface area contributed by atoms with Gasteiger partial charge in [-0.2, -0.15) is 0 Å². The smallest absolute Gasteiger partial charge is 0.223 e. The highest BCUT2D eigenvalue weighted by molar-refractivity contribution is 6.42. The standard InChI is InChI=1S/C22H27Cl2F2N3O2/c1-11(30)28-16-9-12(8-15(16)27)20(31)29-19(17-14(25)3-2-13(23)18(17)24)21-4-6-22(26,10-21)7-5-21/h2-3,12,15-16,19H,4-10,27H2,1H3,(H,28,30)(H,29,31)/t12?,15-,16+,19-,21?,22?/m1/s1. The van der Waals surface area contributed by atoms with Crippen molar-refractivity contribution in [2.24, 2.45) is 17.1 Å². The van der Waals surface area contributed by atoms with Crippen LogP contribution in [0.4, 0.5) is 8.78 Å². The molecule has 0 saturated heterocycles. The lowest BCUT2D eigenvalue weighted by molar-refractivity contribution is -0.127. The molecule has 0 aromatic heterocycles. The summed E-state index contributed by atoms with van der Waals surface area (Å²) in [6.07, 6.45) is 2.90. The molecule has 0 radical (unpaired) electrons. The number of rotatable bonds is 5. The molecule has 1 aromatic carbocycles. The molecule has 31 heavy (non-hydrogen) atoms. The van der Waals surface area contributed by atoms with E-state index in [1.807, 2.05) is 0 Å². The highest BCUT2D eigenvalue weighted by Gasteiger charge is 2.59. The molecule has 3 saturated carbocycles. The van der Waals surface area contributed by atoms with E-state index in [1.54, 1.807) is 0 Å². The molecule has 3 fully saturated rings. The summed E-state index contributed by atoms with van der Waals surface area (Å²) in [4.78, 5) is 24.7. The van der Waals surface area contributed by atoms with Crippen molar-refractivity contribution in [2.45, 2.75) is 75.7 Å². The van der Waals surface area contributed by atoms with Crippen molar-refractivity contribution in [3.63, 3.8) is 0 Å². The van der Waals surface area contributed by atoms with Gasteiger partial charge in [-0.25, -0.2) is 8.78 Å². The van der Waals surface area contributed by atoms with Crippen molar-refractivity contribution in [1.29, 1.82) is 0 Å². The summed E-state index contributed by atoms with van der Waals surface area (Å²) in [5.41, 5.74) is 4.35. The first-order chi connectivity index (χ1) is 14.5. The fourth-order valence-electron chi connectivity index (χ4n) is 5.88. The van der Waals surface area contributed by atoms with Crippen LogP contribution in [0.25, 0.3) is 0 Å². The number of hydrogen-bond acceptors (Lipinski definition) is 3. The highest BCUT2D eigenvalue weighted by atomic mass is 35.5. The monoisotopic (exact) mass is 473 g/mol. The molecule has 0 heterocycles. The number of alkyl halides is 1. The predicted octanol–water partition coefficient (Wildman–Crippen LogP) is 4.20. The number of benzene rings is 1. The van der Waals surface area contributed by atoms with Gasteiger partial charge in [-0.1, -0.05) is 23.2 Å². The van der Waals surface area contributed by atoms with Crippen molar-refractivity contribution < 1.29 is 18.4 Å². The minimum absolute atomic E-state index is 0.0452. The maximum atomic E-state index is 15.0. The van der Waals surface area contributed by atoms with Gasteiger partial charge < -0.3 is 16.4 Å². The number of nitrogens with two attached hydrogens (primary N) is 1. The van der Waals surface area contributed by atoms with Gasteiger partial charge in [0.25, 0.3) is 0 Å². The molecule has 2 bridgehead atoms. The molecular weight excluding hydrogens is 447 g/mol. The average Bonchev–Trinajstić information content (AvgIpc) is 3.35. The quantitative estimate of drug-likeness (QED) is 0.560. The fraction of sp³-hybridized carbons (Fsp3) is 0.636. The van der Waals surface area contributed by atoms with E-state index in [0.29, 0.717) is 38.5 Å². The summed E-state index contributed by atoms with van der Waals surface area (Å²) in [7, 11) is 0. The Bertz CT molecular complexity index is 905. The first-order valence-electron chi connectivity index (χ1n) is 10.7. The lowest BCUT2D eigenvalue weighted by Crippen LogP contribution is -2.43. The van der Waals surface area contributed by atoms with Crippen LogP contribution >= 0.6 is 23.2 Å². The third kappa shape index (κ3) is 4.16. The molecule has 1 aromatic rings. The summed E-state index contributed by atoms with van der Waals surface area (Å²) in [5, 5.41) is 6.01. The van der Waals surface area contributed by atoms with E-state index >= 15 is 4.39 Å². The molecule has 9 heteroatoms. The summed E-state index contributed by atoms with van der Waals surface area (Å²) < 4.78 is 30.0. The van der Waals surface area contributed by atoms with Gasteiger partial charge in [-0.05, 0) is 62.5 Å². The van der Waals surface area contributed by atoms with Gasteiger partial charge in [0.15, 0.2) is 0 Å². The van der Waals surface area contributed by atoms with E-state index in [2.05, 4.69) is 10.6 Å². The van der Waals surface area contributed by atoms with Gasteiger partial charge >= 0.3 is 0 Å². The zero-order valence-electron chi connectivity index (χ0n) is 17.3. The number of carbonyl (C=O) groups is 2. The highest BCUT2D eigenvalue weighted by Crippen LogP contribution is 2.64. The molecule has 3 aliphatic rings. The van der Waals surface area contributed by atoms with Gasteiger partial charge in [-0.15, -0.1) is 0 Å². The second kappa shape index (κ2) is 8.16. The maximum Gasteiger partial charge on any atom is 0.223 e. The number of carbonyl (C=O) groups excluding carboxylic acids is 2. The second-order valence-electron chi connectivity index (χ2n) is 9.53. The number of fused-ring (bicyclic) bond motifs is 2. The minimum atomic E-state index is -1.28. The van der Waals surface area contributed by atoms with Crippen molar-refractivity contribution in [3.05, 3.63) is 33.6 Å². The number of nitrogens with one attached hydrogen (secondary N) is 2. The summed E-state index contributed by atoms with van der Waals surface area (Å²) in [6, 6.07) is 1.16. The molecule has 170 valence electrons. The molecule has 4 atom stereocenters.